The van der Waals surface area contributed by atoms with E-state index in [4.69, 9.17) is 60.6 Å². The van der Waals surface area contributed by atoms with Crippen LogP contribution in [-0.2, 0) is 32.5 Å². The maximum Gasteiger partial charge on any atom is 0.399 e. The number of imidazole rings is 2. The Balaban J connectivity index is 0.000000232. The Morgan fingerprint density at radius 1 is 0.810 bits per heavy atom. The number of ether oxygens (including phenoxy) is 3. The number of amides is 2. The van der Waals surface area contributed by atoms with Gasteiger partial charge in [-0.25, -0.2) is 15.0 Å². The van der Waals surface area contributed by atoms with Crippen LogP contribution in [0.4, 0.5) is 0 Å². The molecule has 6 heterocycles. The number of hydrogen-bond donors (Lipinski definition) is 2. The van der Waals surface area contributed by atoms with Crippen molar-refractivity contribution in [2.24, 2.45) is 11.8 Å². The third-order valence-corrected chi connectivity index (χ3v) is 16.0. The molecule has 2 fully saturated rings. The minimum atomic E-state index is -1.18. The van der Waals surface area contributed by atoms with E-state index in [0.29, 0.717) is 65.7 Å². The number of pyridine rings is 2. The fourth-order valence-electron chi connectivity index (χ4n) is 6.57. The predicted molar refractivity (Wildman–Crippen MR) is 267 cm³/mol. The molecule has 0 aliphatic carbocycles. The van der Waals surface area contributed by atoms with E-state index in [0.717, 1.165) is 72.3 Å². The molecule has 4 aromatic heterocycles. The zero-order valence-corrected chi connectivity index (χ0v) is 45.6. The van der Waals surface area contributed by atoms with Gasteiger partial charge in [-0.3, -0.25) is 14.2 Å². The van der Waals surface area contributed by atoms with Crippen LogP contribution >= 0.6 is 69.0 Å². The lowest BCUT2D eigenvalue weighted by Crippen LogP contribution is -2.45. The highest BCUT2D eigenvalue weighted by Gasteiger charge is 2.30. The molecular weight excluding hydrogens is 1040 g/mol. The molecule has 2 aliphatic rings. The molecule has 0 unspecified atom stereocenters. The number of likely N-dealkylation sites (tertiary alicyclic amines) is 2. The summed E-state index contributed by atoms with van der Waals surface area (Å²) >= 11 is 26.4. The Morgan fingerprint density at radius 3 is 1.86 bits per heavy atom. The van der Waals surface area contributed by atoms with Crippen LogP contribution in [0.5, 0.6) is 6.01 Å². The molecule has 21 heteroatoms. The first kappa shape index (κ1) is 53.8. The summed E-state index contributed by atoms with van der Waals surface area (Å²) in [5.74, 6) is 0.507. The lowest BCUT2D eigenvalue weighted by molar-refractivity contribution is -0.715. The fraction of sp³-hybridized carbons (Fsp3) is 0.667. The van der Waals surface area contributed by atoms with Crippen molar-refractivity contribution in [3.8, 4) is 6.01 Å². The smallest absolute Gasteiger partial charge is 0.399 e. The second kappa shape index (κ2) is 24.3. The number of hydrogen-bond acceptors (Lipinski definition) is 9. The van der Waals surface area contributed by atoms with Crippen LogP contribution in [0.2, 0.25) is 71.7 Å². The average molecular weight is 1100 g/mol. The van der Waals surface area contributed by atoms with Crippen molar-refractivity contribution < 1.29 is 33.5 Å². The fourth-order valence-corrected chi connectivity index (χ4v) is 9.28. The molecule has 352 valence electrons. The number of carbonyl (C=O) groups is 2. The van der Waals surface area contributed by atoms with Crippen molar-refractivity contribution in [3.63, 3.8) is 0 Å². The molecule has 6 rings (SSSR count). The Bertz CT molecular complexity index is 2130. The number of aliphatic hydroxyl groups excluding tert-OH is 1. The van der Waals surface area contributed by atoms with Crippen LogP contribution in [0.25, 0.3) is 22.3 Å². The SMILES string of the molecule is CC(C)C(=O)N1CCC(O)CC1.CC(C)C(=O)N1CCC(Oc2[nH]c3cc(Cl)c(Cl)nc3[n+]2COCC[Si](C)(C)C)CC1.C[Si](C)(C)CCOCn1c(I)nc2cc(Cl)c(Cl)nc21. The summed E-state index contributed by atoms with van der Waals surface area (Å²) in [5, 5.41) is 10.5. The maximum atomic E-state index is 12.2. The van der Waals surface area contributed by atoms with Gasteiger partial charge in [0.15, 0.2) is 21.7 Å². The van der Waals surface area contributed by atoms with E-state index in [2.05, 4.69) is 81.8 Å². The largest absolute Gasteiger partial charge is 0.440 e. The van der Waals surface area contributed by atoms with Gasteiger partial charge in [-0.2, -0.15) is 4.57 Å². The summed E-state index contributed by atoms with van der Waals surface area (Å²) in [6, 6.07) is 6.27. The lowest BCUT2D eigenvalue weighted by atomic mass is 10.1. The first-order chi connectivity index (χ1) is 29.4. The van der Waals surface area contributed by atoms with Gasteiger partial charge in [-0.05, 0) is 42.6 Å². The molecule has 2 aliphatic heterocycles. The van der Waals surface area contributed by atoms with Gasteiger partial charge in [0.1, 0.15) is 23.5 Å². The number of nitrogens with one attached hydrogen (secondary N) is 1. The van der Waals surface area contributed by atoms with E-state index in [1.54, 1.807) is 12.1 Å². The van der Waals surface area contributed by atoms with Crippen molar-refractivity contribution in [1.82, 2.24) is 34.3 Å². The van der Waals surface area contributed by atoms with Gasteiger partial charge in [0, 0.05) is 109 Å². The Kier molecular flexibility index (Phi) is 20.7. The topological polar surface area (TPSA) is 152 Å². The minimum Gasteiger partial charge on any atom is -0.440 e. The quantitative estimate of drug-likeness (QED) is 0.0414. The molecule has 14 nitrogen and oxygen atoms in total. The molecule has 0 saturated carbocycles. The van der Waals surface area contributed by atoms with E-state index < -0.39 is 16.1 Å². The van der Waals surface area contributed by atoms with Crippen molar-refractivity contribution in [1.29, 1.82) is 0 Å². The maximum absolute atomic E-state index is 12.2. The van der Waals surface area contributed by atoms with Crippen molar-refractivity contribution in [3.05, 3.63) is 36.3 Å². The van der Waals surface area contributed by atoms with Gasteiger partial charge in [-0.1, -0.05) is 107 Å². The molecular formula is C42H66Cl4IN8O6Si2+. The summed E-state index contributed by atoms with van der Waals surface area (Å²) < 4.78 is 22.6. The Labute approximate surface area is 408 Å². The number of aliphatic hydroxyl groups is 1. The Morgan fingerprint density at radius 2 is 1.32 bits per heavy atom. The van der Waals surface area contributed by atoms with Gasteiger partial charge in [-0.15, -0.1) is 0 Å². The highest BCUT2D eigenvalue weighted by Crippen LogP contribution is 2.27. The molecule has 0 bridgehead atoms. The van der Waals surface area contributed by atoms with Gasteiger partial charge < -0.3 is 29.1 Å². The van der Waals surface area contributed by atoms with Gasteiger partial charge in [0.2, 0.25) is 17.0 Å². The number of piperidine rings is 2. The standard InChI is InChI=1S/C21H32Cl2N4O3Si.C12H16Cl2IN3OSi.C9H17NO2/c1-14(2)20(28)26-8-6-15(7-9-26)30-21-24-17-12-16(22)18(23)25-19(17)27(21)13-29-10-11-31(3,4)5;1-20(2,3)5-4-19-7-18-11-9(16-12(18)15)6-8(13)10(14)17-11;1-7(2)9(12)10-5-3-8(11)4-6-10/h12,14-15H,6-11,13H2,1-5H3;6H,4-5,7H2,1-3H3;7-8,11H,3-6H2,1-2H3/p+1. The normalized spacial score (nSPS) is 15.5. The molecule has 0 radical (unpaired) electrons. The van der Waals surface area contributed by atoms with Crippen LogP contribution in [0, 0.1) is 15.7 Å². The summed E-state index contributed by atoms with van der Waals surface area (Å²) in [6.07, 6.45) is 2.83. The van der Waals surface area contributed by atoms with Crippen molar-refractivity contribution in [2.75, 3.05) is 39.4 Å². The van der Waals surface area contributed by atoms with E-state index in [-0.39, 0.29) is 41.0 Å². The minimum absolute atomic E-state index is 0.00320. The van der Waals surface area contributed by atoms with Gasteiger partial charge in [0.05, 0.1) is 16.1 Å². The summed E-state index contributed by atoms with van der Waals surface area (Å²) in [4.78, 5) is 43.9. The van der Waals surface area contributed by atoms with Crippen LogP contribution in [-0.4, -0.2) is 119 Å². The van der Waals surface area contributed by atoms with Gasteiger partial charge in [0.25, 0.3) is 0 Å². The lowest BCUT2D eigenvalue weighted by Gasteiger charge is -2.32. The highest BCUT2D eigenvalue weighted by molar-refractivity contribution is 14.1. The molecule has 2 N–H and O–H groups in total. The number of carbonyl (C=O) groups excluding carboxylic acids is 2. The molecule has 0 atom stereocenters. The van der Waals surface area contributed by atoms with E-state index >= 15 is 0 Å². The molecule has 2 saturated heterocycles. The number of rotatable bonds is 14. The van der Waals surface area contributed by atoms with Crippen molar-refractivity contribution in [2.45, 2.75) is 130 Å². The van der Waals surface area contributed by atoms with E-state index in [9.17, 15) is 14.7 Å². The molecule has 0 spiro atoms. The molecule has 4 aromatic rings. The summed E-state index contributed by atoms with van der Waals surface area (Å²) in [5.41, 5.74) is 2.82. The second-order valence-corrected chi connectivity index (χ2v) is 32.8. The van der Waals surface area contributed by atoms with Crippen LogP contribution in [0.1, 0.15) is 53.4 Å². The van der Waals surface area contributed by atoms with Crippen LogP contribution in [0.3, 0.4) is 0 Å². The molecule has 2 amide bonds. The van der Waals surface area contributed by atoms with E-state index in [1.165, 1.54) is 0 Å². The number of aromatic nitrogens is 6. The first-order valence-electron chi connectivity index (χ1n) is 21.7. The number of H-pyrrole nitrogens is 1. The van der Waals surface area contributed by atoms with Crippen LogP contribution < -0.4 is 9.30 Å². The van der Waals surface area contributed by atoms with Gasteiger partial charge >= 0.3 is 11.7 Å². The summed E-state index contributed by atoms with van der Waals surface area (Å²) in [6.45, 7) is 26.7. The zero-order chi connectivity index (χ0) is 46.8. The average Bonchev–Trinajstić information content (AvgIpc) is 3.68. The monoisotopic (exact) mass is 1100 g/mol. The van der Waals surface area contributed by atoms with E-state index in [1.807, 2.05) is 46.6 Å². The second-order valence-electron chi connectivity index (χ2n) is 19.1. The predicted octanol–water partition coefficient (Wildman–Crippen LogP) is 9.78. The summed E-state index contributed by atoms with van der Waals surface area (Å²) in [7, 11) is -2.25. The molecule has 0 aromatic carbocycles. The highest BCUT2D eigenvalue weighted by atomic mass is 127. The number of fused-ring (bicyclic) bond motifs is 2. The zero-order valence-electron chi connectivity index (χ0n) is 38.4. The third-order valence-electron chi connectivity index (χ3n) is 10.5. The van der Waals surface area contributed by atoms with Crippen LogP contribution in [0.15, 0.2) is 12.1 Å². The number of aromatic amines is 1. The number of nitrogens with zero attached hydrogens (tertiary/aromatic N) is 7. The molecule has 63 heavy (non-hydrogen) atoms. The third kappa shape index (κ3) is 16.8. The Hall–Kier alpha value is -1.82. The number of halogens is 5. The van der Waals surface area contributed by atoms with Crippen molar-refractivity contribution >= 4 is 119 Å². The first-order valence-corrected chi connectivity index (χ1v) is 31.7.